The SMILES string of the molecule is NCCCOc1sncc1NC(=O)c1ccc(F)c(-c2c(F)cccc2F)n1. The van der Waals surface area contributed by atoms with E-state index in [1.165, 1.54) is 6.20 Å². The molecule has 6 nitrogen and oxygen atoms in total. The number of halogens is 3. The molecule has 3 N–H and O–H groups in total. The van der Waals surface area contributed by atoms with Crippen LogP contribution in [-0.4, -0.2) is 28.4 Å². The average Bonchev–Trinajstić information content (AvgIpc) is 3.10. The molecule has 0 radical (unpaired) electrons. The van der Waals surface area contributed by atoms with Crippen molar-refractivity contribution in [2.24, 2.45) is 5.73 Å². The van der Waals surface area contributed by atoms with Crippen LogP contribution >= 0.6 is 11.5 Å². The fourth-order valence-electron chi connectivity index (χ4n) is 2.32. The number of aromatic nitrogens is 2. The van der Waals surface area contributed by atoms with Crippen LogP contribution in [0.2, 0.25) is 0 Å². The van der Waals surface area contributed by atoms with Crippen LogP contribution in [0.15, 0.2) is 36.5 Å². The van der Waals surface area contributed by atoms with Gasteiger partial charge in [0.05, 0.1) is 18.4 Å². The third-order valence-electron chi connectivity index (χ3n) is 3.65. The molecule has 3 aromatic rings. The molecular formula is C18H15F3N4O2S. The van der Waals surface area contributed by atoms with E-state index in [0.29, 0.717) is 30.3 Å². The number of amides is 1. The molecule has 0 bridgehead atoms. The van der Waals surface area contributed by atoms with E-state index in [-0.39, 0.29) is 5.69 Å². The molecule has 28 heavy (non-hydrogen) atoms. The van der Waals surface area contributed by atoms with Gasteiger partial charge in [-0.2, -0.15) is 4.37 Å². The van der Waals surface area contributed by atoms with Crippen LogP contribution in [-0.2, 0) is 0 Å². The molecule has 146 valence electrons. The lowest BCUT2D eigenvalue weighted by atomic mass is 10.1. The van der Waals surface area contributed by atoms with Gasteiger partial charge in [0.2, 0.25) is 5.06 Å². The zero-order chi connectivity index (χ0) is 20.1. The normalized spacial score (nSPS) is 10.7. The van der Waals surface area contributed by atoms with Crippen molar-refractivity contribution >= 4 is 23.1 Å². The Morgan fingerprint density at radius 2 is 1.89 bits per heavy atom. The first-order chi connectivity index (χ1) is 13.5. The van der Waals surface area contributed by atoms with Gasteiger partial charge in [-0.25, -0.2) is 18.2 Å². The Morgan fingerprint density at radius 3 is 2.61 bits per heavy atom. The number of pyridine rings is 1. The van der Waals surface area contributed by atoms with E-state index < -0.39 is 34.6 Å². The molecule has 0 fully saturated rings. The Labute approximate surface area is 162 Å². The summed E-state index contributed by atoms with van der Waals surface area (Å²) >= 11 is 1.04. The molecule has 1 aromatic carbocycles. The van der Waals surface area contributed by atoms with Crippen LogP contribution in [0.4, 0.5) is 18.9 Å². The van der Waals surface area contributed by atoms with E-state index in [2.05, 4.69) is 14.7 Å². The van der Waals surface area contributed by atoms with Gasteiger partial charge in [-0.1, -0.05) is 6.07 Å². The summed E-state index contributed by atoms with van der Waals surface area (Å²) in [6, 6.07) is 5.15. The van der Waals surface area contributed by atoms with Crippen molar-refractivity contribution in [3.63, 3.8) is 0 Å². The van der Waals surface area contributed by atoms with Crippen molar-refractivity contribution in [3.8, 4) is 16.3 Å². The average molecular weight is 408 g/mol. The van der Waals surface area contributed by atoms with E-state index in [9.17, 15) is 18.0 Å². The second kappa shape index (κ2) is 8.81. The molecule has 0 saturated carbocycles. The van der Waals surface area contributed by atoms with Crippen LogP contribution in [0.5, 0.6) is 5.06 Å². The summed E-state index contributed by atoms with van der Waals surface area (Å²) in [7, 11) is 0. The van der Waals surface area contributed by atoms with Gasteiger partial charge >= 0.3 is 0 Å². The van der Waals surface area contributed by atoms with Crippen molar-refractivity contribution in [2.45, 2.75) is 6.42 Å². The van der Waals surface area contributed by atoms with Gasteiger partial charge in [-0.15, -0.1) is 0 Å². The third kappa shape index (κ3) is 4.29. The lowest BCUT2D eigenvalue weighted by molar-refractivity contribution is 0.102. The molecule has 0 spiro atoms. The lowest BCUT2D eigenvalue weighted by Gasteiger charge is -2.09. The van der Waals surface area contributed by atoms with Crippen molar-refractivity contribution in [1.29, 1.82) is 0 Å². The Hall–Kier alpha value is -2.98. The van der Waals surface area contributed by atoms with E-state index in [1.54, 1.807) is 0 Å². The standard InChI is InChI=1S/C18H15F3N4O2S/c19-10-3-1-4-11(20)15(10)16-12(21)5-6-13(24-16)17(26)25-14-9-23-28-18(14)27-8-2-7-22/h1,3-6,9H,2,7-8,22H2,(H,25,26). The largest absolute Gasteiger partial charge is 0.481 e. The number of ether oxygens (including phenoxy) is 1. The predicted octanol–water partition coefficient (Wildman–Crippen LogP) is 3.60. The van der Waals surface area contributed by atoms with Gasteiger partial charge in [-0.05, 0) is 37.2 Å². The number of nitrogens with zero attached hydrogens (tertiary/aromatic N) is 2. The van der Waals surface area contributed by atoms with Crippen LogP contribution in [0.1, 0.15) is 16.9 Å². The maximum absolute atomic E-state index is 14.1. The number of anilines is 1. The smallest absolute Gasteiger partial charge is 0.274 e. The maximum Gasteiger partial charge on any atom is 0.274 e. The Morgan fingerprint density at radius 1 is 1.14 bits per heavy atom. The second-order valence-corrected chi connectivity index (χ2v) is 6.36. The molecule has 0 aliphatic heterocycles. The minimum atomic E-state index is -0.985. The topological polar surface area (TPSA) is 90.1 Å². The fraction of sp³-hybridized carbons (Fsp3) is 0.167. The van der Waals surface area contributed by atoms with Crippen LogP contribution in [0.25, 0.3) is 11.3 Å². The summed E-state index contributed by atoms with van der Waals surface area (Å²) in [6.07, 6.45) is 2.02. The van der Waals surface area contributed by atoms with Crippen molar-refractivity contribution in [1.82, 2.24) is 9.36 Å². The molecule has 0 atom stereocenters. The van der Waals surface area contributed by atoms with E-state index in [0.717, 1.165) is 41.9 Å². The van der Waals surface area contributed by atoms with Crippen LogP contribution in [0, 0.1) is 17.5 Å². The number of hydrogen-bond acceptors (Lipinski definition) is 6. The molecule has 1 amide bonds. The van der Waals surface area contributed by atoms with Gasteiger partial charge in [0.25, 0.3) is 5.91 Å². The van der Waals surface area contributed by atoms with Crippen molar-refractivity contribution in [3.05, 3.63) is 59.7 Å². The minimum Gasteiger partial charge on any atom is -0.481 e. The van der Waals surface area contributed by atoms with Gasteiger partial charge in [0, 0.05) is 11.5 Å². The first kappa shape index (κ1) is 19.8. The maximum atomic E-state index is 14.1. The molecule has 2 aromatic heterocycles. The van der Waals surface area contributed by atoms with E-state index in [1.807, 2.05) is 0 Å². The molecular weight excluding hydrogens is 393 g/mol. The Kier molecular flexibility index (Phi) is 6.22. The number of benzene rings is 1. The number of carbonyl (C=O) groups excluding carboxylic acids is 1. The summed E-state index contributed by atoms with van der Waals surface area (Å²) in [5.41, 5.74) is 4.25. The zero-order valence-electron chi connectivity index (χ0n) is 14.4. The summed E-state index contributed by atoms with van der Waals surface area (Å²) in [5.74, 6) is -3.63. The van der Waals surface area contributed by atoms with Gasteiger partial charge in [-0.3, -0.25) is 4.79 Å². The monoisotopic (exact) mass is 408 g/mol. The number of nitrogens with one attached hydrogen (secondary N) is 1. The first-order valence-corrected chi connectivity index (χ1v) is 8.98. The zero-order valence-corrected chi connectivity index (χ0v) is 15.2. The molecule has 10 heteroatoms. The van der Waals surface area contributed by atoms with E-state index >= 15 is 0 Å². The van der Waals surface area contributed by atoms with Crippen molar-refractivity contribution in [2.75, 3.05) is 18.5 Å². The molecule has 3 rings (SSSR count). The van der Waals surface area contributed by atoms with Gasteiger partial charge in [0.15, 0.2) is 0 Å². The second-order valence-electron chi connectivity index (χ2n) is 5.60. The summed E-state index contributed by atoms with van der Waals surface area (Å²) in [6.45, 7) is 0.808. The third-order valence-corrected chi connectivity index (χ3v) is 4.36. The summed E-state index contributed by atoms with van der Waals surface area (Å²) < 4.78 is 51.5. The highest BCUT2D eigenvalue weighted by Gasteiger charge is 2.20. The van der Waals surface area contributed by atoms with Crippen molar-refractivity contribution < 1.29 is 22.7 Å². The summed E-state index contributed by atoms with van der Waals surface area (Å²) in [4.78, 5) is 16.3. The predicted molar refractivity (Wildman–Crippen MR) is 98.8 cm³/mol. The van der Waals surface area contributed by atoms with Crippen LogP contribution < -0.4 is 15.8 Å². The number of carbonyl (C=O) groups is 1. The molecule has 0 saturated heterocycles. The number of rotatable bonds is 7. The number of hydrogen-bond donors (Lipinski definition) is 2. The Balaban J connectivity index is 1.85. The van der Waals surface area contributed by atoms with E-state index in [4.69, 9.17) is 10.5 Å². The van der Waals surface area contributed by atoms with Gasteiger partial charge in [0.1, 0.15) is 34.5 Å². The quantitative estimate of drug-likeness (QED) is 0.583. The van der Waals surface area contributed by atoms with Gasteiger partial charge < -0.3 is 15.8 Å². The minimum absolute atomic E-state index is 0.224. The summed E-state index contributed by atoms with van der Waals surface area (Å²) in [5, 5.41) is 2.92. The highest BCUT2D eigenvalue weighted by molar-refractivity contribution is 7.08. The molecule has 0 aliphatic rings. The fourth-order valence-corrected chi connectivity index (χ4v) is 2.91. The van der Waals surface area contributed by atoms with Crippen LogP contribution in [0.3, 0.4) is 0 Å². The Bertz CT molecular complexity index is 976. The first-order valence-electron chi connectivity index (χ1n) is 8.21. The lowest BCUT2D eigenvalue weighted by Crippen LogP contribution is -2.15. The molecule has 2 heterocycles. The molecule has 0 unspecified atom stereocenters. The molecule has 0 aliphatic carbocycles. The number of nitrogens with two attached hydrogens (primary N) is 1. The highest BCUT2D eigenvalue weighted by atomic mass is 32.1. The highest BCUT2D eigenvalue weighted by Crippen LogP contribution is 2.30.